The van der Waals surface area contributed by atoms with Crippen molar-refractivity contribution in [1.82, 2.24) is 24.7 Å². The summed E-state index contributed by atoms with van der Waals surface area (Å²) < 4.78 is 7.38. The first-order chi connectivity index (χ1) is 13.2. The van der Waals surface area contributed by atoms with E-state index >= 15 is 0 Å². The van der Waals surface area contributed by atoms with E-state index in [1.165, 1.54) is 6.26 Å². The number of aryl methyl sites for hydroxylation is 2. The standard InChI is InChI=1S/C19H28N6O2.HI/c1-16-21-8-10-23(16)9-4-3-7-22-19(20-2)25-13-11-24(12-14-25)18(26)17-6-5-15-27-17;/h5-6,8,10,15H,3-4,7,9,11-14H2,1-2H3,(H,20,22);1H. The van der Waals surface area contributed by atoms with Gasteiger partial charge in [-0.3, -0.25) is 9.79 Å². The number of imidazole rings is 1. The summed E-state index contributed by atoms with van der Waals surface area (Å²) in [6, 6.07) is 3.45. The zero-order chi connectivity index (χ0) is 19.1. The van der Waals surface area contributed by atoms with E-state index in [4.69, 9.17) is 4.42 Å². The van der Waals surface area contributed by atoms with Crippen molar-refractivity contribution in [2.45, 2.75) is 26.3 Å². The third-order valence-corrected chi connectivity index (χ3v) is 4.84. The van der Waals surface area contributed by atoms with Crippen molar-refractivity contribution in [2.75, 3.05) is 39.8 Å². The molecule has 0 saturated carbocycles. The van der Waals surface area contributed by atoms with Crippen molar-refractivity contribution < 1.29 is 9.21 Å². The predicted octanol–water partition coefficient (Wildman–Crippen LogP) is 2.22. The monoisotopic (exact) mass is 500 g/mol. The van der Waals surface area contributed by atoms with Crippen LogP contribution in [0.25, 0.3) is 0 Å². The number of aromatic nitrogens is 2. The van der Waals surface area contributed by atoms with Gasteiger partial charge < -0.3 is 24.1 Å². The van der Waals surface area contributed by atoms with Gasteiger partial charge in [0.05, 0.1) is 6.26 Å². The number of guanidine groups is 1. The number of aliphatic imine (C=N–C) groups is 1. The second-order valence-corrected chi connectivity index (χ2v) is 6.61. The fourth-order valence-corrected chi connectivity index (χ4v) is 3.26. The van der Waals surface area contributed by atoms with Gasteiger partial charge in [0, 0.05) is 58.7 Å². The molecule has 9 heteroatoms. The fourth-order valence-electron chi connectivity index (χ4n) is 3.26. The van der Waals surface area contributed by atoms with Crippen LogP contribution in [0, 0.1) is 6.92 Å². The lowest BCUT2D eigenvalue weighted by Gasteiger charge is -2.36. The number of nitrogens with one attached hydrogen (secondary N) is 1. The van der Waals surface area contributed by atoms with Gasteiger partial charge in [0.25, 0.3) is 5.91 Å². The van der Waals surface area contributed by atoms with Crippen LogP contribution in [0.5, 0.6) is 0 Å². The van der Waals surface area contributed by atoms with Gasteiger partial charge in [-0.05, 0) is 31.9 Å². The first-order valence-corrected chi connectivity index (χ1v) is 9.45. The van der Waals surface area contributed by atoms with Crippen molar-refractivity contribution in [3.05, 3.63) is 42.4 Å². The van der Waals surface area contributed by atoms with Gasteiger partial charge in [-0.25, -0.2) is 4.98 Å². The quantitative estimate of drug-likeness (QED) is 0.285. The molecule has 0 aromatic carbocycles. The number of hydrogen-bond acceptors (Lipinski definition) is 4. The van der Waals surface area contributed by atoms with Crippen molar-refractivity contribution in [1.29, 1.82) is 0 Å². The summed E-state index contributed by atoms with van der Waals surface area (Å²) in [5.74, 6) is 2.32. The summed E-state index contributed by atoms with van der Waals surface area (Å²) in [4.78, 5) is 25.0. The molecule has 2 aromatic heterocycles. The lowest BCUT2D eigenvalue weighted by molar-refractivity contribution is 0.0657. The fraction of sp³-hybridized carbons (Fsp3) is 0.526. The highest BCUT2D eigenvalue weighted by Gasteiger charge is 2.24. The Morgan fingerprint density at radius 2 is 2.00 bits per heavy atom. The van der Waals surface area contributed by atoms with Gasteiger partial charge in [-0.2, -0.15) is 0 Å². The smallest absolute Gasteiger partial charge is 0.289 e. The number of nitrogens with zero attached hydrogens (tertiary/aromatic N) is 5. The molecular weight excluding hydrogens is 471 g/mol. The highest BCUT2D eigenvalue weighted by Crippen LogP contribution is 2.09. The molecule has 1 saturated heterocycles. The van der Waals surface area contributed by atoms with E-state index in [0.717, 1.165) is 50.8 Å². The van der Waals surface area contributed by atoms with E-state index in [0.29, 0.717) is 18.8 Å². The Balaban J connectivity index is 0.00000280. The summed E-state index contributed by atoms with van der Waals surface area (Å²) in [7, 11) is 1.80. The topological polar surface area (TPSA) is 78.9 Å². The summed E-state index contributed by atoms with van der Waals surface area (Å²) >= 11 is 0. The minimum atomic E-state index is -0.0441. The zero-order valence-corrected chi connectivity index (χ0v) is 18.8. The average Bonchev–Trinajstić information content (AvgIpc) is 3.36. The van der Waals surface area contributed by atoms with Crippen LogP contribution < -0.4 is 5.32 Å². The van der Waals surface area contributed by atoms with Crippen LogP contribution in [-0.2, 0) is 6.54 Å². The number of carbonyl (C=O) groups excluding carboxylic acids is 1. The maximum absolute atomic E-state index is 12.3. The number of furan rings is 1. The van der Waals surface area contributed by atoms with Crippen LogP contribution in [0.15, 0.2) is 40.2 Å². The molecule has 28 heavy (non-hydrogen) atoms. The molecule has 0 atom stereocenters. The zero-order valence-electron chi connectivity index (χ0n) is 16.5. The molecule has 154 valence electrons. The summed E-state index contributed by atoms with van der Waals surface area (Å²) in [5, 5.41) is 3.43. The SMILES string of the molecule is CN=C(NCCCCn1ccnc1C)N1CCN(C(=O)c2ccco2)CC1.I. The van der Waals surface area contributed by atoms with E-state index < -0.39 is 0 Å². The Kier molecular flexibility index (Phi) is 8.81. The largest absolute Gasteiger partial charge is 0.459 e. The molecular formula is C19H29IN6O2. The summed E-state index contributed by atoms with van der Waals surface area (Å²) in [5.41, 5.74) is 0. The number of amides is 1. The van der Waals surface area contributed by atoms with Gasteiger partial charge in [-0.1, -0.05) is 0 Å². The number of rotatable bonds is 6. The molecule has 0 aliphatic carbocycles. The second-order valence-electron chi connectivity index (χ2n) is 6.61. The number of carbonyl (C=O) groups is 1. The van der Waals surface area contributed by atoms with E-state index in [1.807, 2.05) is 24.2 Å². The predicted molar refractivity (Wildman–Crippen MR) is 119 cm³/mol. The Labute approximate surface area is 183 Å². The van der Waals surface area contributed by atoms with Crippen LogP contribution in [0.4, 0.5) is 0 Å². The molecule has 0 bridgehead atoms. The Bertz CT molecular complexity index is 750. The second kappa shape index (κ2) is 11.1. The Morgan fingerprint density at radius 3 is 2.61 bits per heavy atom. The molecule has 1 aliphatic rings. The maximum Gasteiger partial charge on any atom is 0.289 e. The van der Waals surface area contributed by atoms with Crippen molar-refractivity contribution in [3.63, 3.8) is 0 Å². The van der Waals surface area contributed by atoms with E-state index in [9.17, 15) is 4.79 Å². The van der Waals surface area contributed by atoms with Gasteiger partial charge in [-0.15, -0.1) is 24.0 Å². The maximum atomic E-state index is 12.3. The van der Waals surface area contributed by atoms with Crippen molar-refractivity contribution >= 4 is 35.8 Å². The Morgan fingerprint density at radius 1 is 1.25 bits per heavy atom. The molecule has 1 N–H and O–H groups in total. The highest BCUT2D eigenvalue weighted by molar-refractivity contribution is 14.0. The number of hydrogen-bond donors (Lipinski definition) is 1. The van der Waals surface area contributed by atoms with E-state index in [1.54, 1.807) is 19.2 Å². The molecule has 1 aliphatic heterocycles. The Hall–Kier alpha value is -2.04. The first-order valence-electron chi connectivity index (χ1n) is 9.45. The molecule has 3 rings (SSSR count). The van der Waals surface area contributed by atoms with Gasteiger partial charge in [0.1, 0.15) is 5.82 Å². The van der Waals surface area contributed by atoms with E-state index in [-0.39, 0.29) is 29.9 Å². The van der Waals surface area contributed by atoms with Crippen molar-refractivity contribution in [2.24, 2.45) is 4.99 Å². The molecule has 0 spiro atoms. The third kappa shape index (κ3) is 5.73. The normalized spacial score (nSPS) is 14.7. The molecule has 8 nitrogen and oxygen atoms in total. The summed E-state index contributed by atoms with van der Waals surface area (Å²) in [6.45, 7) is 6.75. The lowest BCUT2D eigenvalue weighted by atomic mass is 10.3. The van der Waals surface area contributed by atoms with E-state index in [2.05, 4.69) is 24.8 Å². The van der Waals surface area contributed by atoms with Crippen LogP contribution in [-0.4, -0.2) is 71.0 Å². The first kappa shape index (κ1) is 22.3. The summed E-state index contributed by atoms with van der Waals surface area (Å²) in [6.07, 6.45) is 7.54. The van der Waals surface area contributed by atoms with Gasteiger partial charge in [0.2, 0.25) is 0 Å². The van der Waals surface area contributed by atoms with Crippen LogP contribution in [0.3, 0.4) is 0 Å². The molecule has 3 heterocycles. The molecule has 0 radical (unpaired) electrons. The minimum Gasteiger partial charge on any atom is -0.459 e. The molecule has 2 aromatic rings. The number of piperazine rings is 1. The van der Waals surface area contributed by atoms with Crippen molar-refractivity contribution in [3.8, 4) is 0 Å². The number of unbranched alkanes of at least 4 members (excludes halogenated alkanes) is 1. The lowest BCUT2D eigenvalue weighted by Crippen LogP contribution is -2.53. The van der Waals surface area contributed by atoms with Crippen LogP contribution in [0.1, 0.15) is 29.2 Å². The highest BCUT2D eigenvalue weighted by atomic mass is 127. The van der Waals surface area contributed by atoms with Gasteiger partial charge in [0.15, 0.2) is 11.7 Å². The van der Waals surface area contributed by atoms with Crippen LogP contribution >= 0.6 is 24.0 Å². The average molecular weight is 500 g/mol. The van der Waals surface area contributed by atoms with Gasteiger partial charge >= 0.3 is 0 Å². The van der Waals surface area contributed by atoms with Crippen LogP contribution in [0.2, 0.25) is 0 Å². The molecule has 1 fully saturated rings. The third-order valence-electron chi connectivity index (χ3n) is 4.84. The minimum absolute atomic E-state index is 0. The molecule has 1 amide bonds. The molecule has 0 unspecified atom stereocenters. The number of halogens is 1.